The monoisotopic (exact) mass is 375 g/mol. The summed E-state index contributed by atoms with van der Waals surface area (Å²) in [7, 11) is 1.06. The highest BCUT2D eigenvalue weighted by Gasteiger charge is 2.32. The van der Waals surface area contributed by atoms with E-state index in [9.17, 15) is 8.42 Å². The Morgan fingerprint density at radius 3 is 2.50 bits per heavy atom. The Morgan fingerprint density at radius 1 is 1.19 bits per heavy atom. The normalized spacial score (nSPS) is 18.5. The Bertz CT molecular complexity index is 852. The summed E-state index contributed by atoms with van der Waals surface area (Å²) >= 11 is 0. The lowest BCUT2D eigenvalue weighted by Gasteiger charge is -2.28. The number of hydrogen-bond donors (Lipinski definition) is 1. The van der Waals surface area contributed by atoms with Crippen LogP contribution in [0.4, 0.5) is 23.1 Å². The Morgan fingerprint density at radius 2 is 1.92 bits per heavy atom. The average Bonchev–Trinajstić information content (AvgIpc) is 2.96. The third kappa shape index (κ3) is 4.24. The van der Waals surface area contributed by atoms with Crippen LogP contribution in [0, 0.1) is 0 Å². The van der Waals surface area contributed by atoms with Crippen molar-refractivity contribution in [3.05, 3.63) is 36.5 Å². The van der Waals surface area contributed by atoms with E-state index in [1.807, 2.05) is 61.2 Å². The van der Waals surface area contributed by atoms with Crippen molar-refractivity contribution < 1.29 is 8.42 Å². The number of anilines is 4. The van der Waals surface area contributed by atoms with E-state index in [4.69, 9.17) is 0 Å². The molecule has 0 radical (unpaired) electrons. The molecule has 7 nitrogen and oxygen atoms in total. The second-order valence-electron chi connectivity index (χ2n) is 6.65. The fourth-order valence-electron chi connectivity index (χ4n) is 3.17. The van der Waals surface area contributed by atoms with Crippen LogP contribution in [-0.2, 0) is 9.84 Å². The number of nitrogens with one attached hydrogen (secondary N) is 1. The fraction of sp³-hybridized carbons (Fsp3) is 0.444. The molecule has 2 aromatic rings. The first-order chi connectivity index (χ1) is 12.4. The van der Waals surface area contributed by atoms with Crippen LogP contribution in [0.15, 0.2) is 36.5 Å². The fourth-order valence-corrected chi connectivity index (χ4v) is 4.90. The maximum absolute atomic E-state index is 11.8. The summed E-state index contributed by atoms with van der Waals surface area (Å²) in [5.74, 6) is 1.69. The molecule has 0 bridgehead atoms. The smallest absolute Gasteiger partial charge is 0.229 e. The summed E-state index contributed by atoms with van der Waals surface area (Å²) in [6.45, 7) is 2.72. The Kier molecular flexibility index (Phi) is 5.31. The summed E-state index contributed by atoms with van der Waals surface area (Å²) in [5, 5.41) is 3.21. The van der Waals surface area contributed by atoms with Crippen LogP contribution < -0.4 is 15.1 Å². The van der Waals surface area contributed by atoms with Gasteiger partial charge in [0.15, 0.2) is 9.84 Å². The van der Waals surface area contributed by atoms with Gasteiger partial charge in [-0.15, -0.1) is 0 Å². The predicted molar refractivity (Wildman–Crippen MR) is 106 cm³/mol. The summed E-state index contributed by atoms with van der Waals surface area (Å²) in [4.78, 5) is 13.0. The van der Waals surface area contributed by atoms with E-state index in [0.29, 0.717) is 18.9 Å². The van der Waals surface area contributed by atoms with Gasteiger partial charge in [0.2, 0.25) is 5.95 Å². The molecule has 1 aromatic carbocycles. The van der Waals surface area contributed by atoms with E-state index in [0.717, 1.165) is 17.2 Å². The molecule has 1 unspecified atom stereocenters. The van der Waals surface area contributed by atoms with E-state index < -0.39 is 9.84 Å². The third-order valence-electron chi connectivity index (χ3n) is 4.56. The first-order valence-corrected chi connectivity index (χ1v) is 10.5. The number of rotatable bonds is 6. The van der Waals surface area contributed by atoms with Gasteiger partial charge in [0, 0.05) is 44.3 Å². The molecule has 3 rings (SSSR count). The van der Waals surface area contributed by atoms with Crippen molar-refractivity contribution in [3.8, 4) is 0 Å². The molecule has 0 saturated carbocycles. The molecule has 0 amide bonds. The highest BCUT2D eigenvalue weighted by atomic mass is 32.2. The van der Waals surface area contributed by atoms with Crippen LogP contribution in [-0.4, -0.2) is 56.6 Å². The van der Waals surface area contributed by atoms with Crippen LogP contribution in [0.5, 0.6) is 0 Å². The quantitative estimate of drug-likeness (QED) is 0.830. The lowest BCUT2D eigenvalue weighted by molar-refractivity contribution is 0.599. The molecule has 0 spiro atoms. The van der Waals surface area contributed by atoms with Crippen LogP contribution >= 0.6 is 0 Å². The first-order valence-electron chi connectivity index (χ1n) is 8.72. The average molecular weight is 375 g/mol. The second-order valence-corrected chi connectivity index (χ2v) is 8.88. The molecule has 2 heterocycles. The maximum atomic E-state index is 11.8. The zero-order chi connectivity index (χ0) is 18.7. The van der Waals surface area contributed by atoms with Gasteiger partial charge in [-0.1, -0.05) is 0 Å². The highest BCUT2D eigenvalue weighted by Crippen LogP contribution is 2.24. The van der Waals surface area contributed by atoms with Gasteiger partial charge < -0.3 is 15.1 Å². The van der Waals surface area contributed by atoms with Crippen molar-refractivity contribution in [2.75, 3.05) is 47.3 Å². The molecular formula is C18H25N5O2S. The maximum Gasteiger partial charge on any atom is 0.229 e. The summed E-state index contributed by atoms with van der Waals surface area (Å²) in [5.41, 5.74) is 2.02. The van der Waals surface area contributed by atoms with Gasteiger partial charge in [0.1, 0.15) is 5.82 Å². The van der Waals surface area contributed by atoms with Crippen molar-refractivity contribution >= 4 is 33.0 Å². The zero-order valence-electron chi connectivity index (χ0n) is 15.4. The molecule has 1 aliphatic heterocycles. The predicted octanol–water partition coefficient (Wildman–Crippen LogP) is 2.30. The standard InChI is InChI=1S/C18H25N5O2S/c1-4-23(16-10-12-26(24,25)13-16)17-9-11-19-18(21-17)20-14-5-7-15(8-6-14)22(2)3/h5-9,11,16H,4,10,12-13H2,1-3H3,(H,19,20,21). The van der Waals surface area contributed by atoms with E-state index in [-0.39, 0.29) is 17.5 Å². The van der Waals surface area contributed by atoms with E-state index in [1.54, 1.807) is 6.20 Å². The minimum Gasteiger partial charge on any atom is -0.378 e. The summed E-state index contributed by atoms with van der Waals surface area (Å²) in [6.07, 6.45) is 2.35. The van der Waals surface area contributed by atoms with Gasteiger partial charge >= 0.3 is 0 Å². The van der Waals surface area contributed by atoms with E-state index in [1.165, 1.54) is 0 Å². The van der Waals surface area contributed by atoms with Crippen LogP contribution in [0.3, 0.4) is 0 Å². The molecule has 1 fully saturated rings. The summed E-state index contributed by atoms with van der Waals surface area (Å²) < 4.78 is 23.6. The molecular weight excluding hydrogens is 350 g/mol. The molecule has 140 valence electrons. The molecule has 26 heavy (non-hydrogen) atoms. The first kappa shape index (κ1) is 18.4. The van der Waals surface area contributed by atoms with E-state index >= 15 is 0 Å². The number of sulfone groups is 1. The SMILES string of the molecule is CCN(c1ccnc(Nc2ccc(N(C)C)cc2)n1)C1CCS(=O)(=O)C1. The van der Waals surface area contributed by atoms with Gasteiger partial charge in [-0.05, 0) is 43.7 Å². The Labute approximate surface area is 155 Å². The number of aromatic nitrogens is 2. The largest absolute Gasteiger partial charge is 0.378 e. The second kappa shape index (κ2) is 7.49. The van der Waals surface area contributed by atoms with Crippen LogP contribution in [0.2, 0.25) is 0 Å². The zero-order valence-corrected chi connectivity index (χ0v) is 16.2. The molecule has 1 N–H and O–H groups in total. The van der Waals surface area contributed by atoms with Crippen molar-refractivity contribution in [1.29, 1.82) is 0 Å². The van der Waals surface area contributed by atoms with Crippen molar-refractivity contribution in [3.63, 3.8) is 0 Å². The van der Waals surface area contributed by atoms with Crippen LogP contribution in [0.25, 0.3) is 0 Å². The van der Waals surface area contributed by atoms with Crippen LogP contribution in [0.1, 0.15) is 13.3 Å². The number of nitrogens with zero attached hydrogens (tertiary/aromatic N) is 4. The lowest BCUT2D eigenvalue weighted by Crippen LogP contribution is -2.36. The Balaban J connectivity index is 1.76. The number of hydrogen-bond acceptors (Lipinski definition) is 7. The summed E-state index contributed by atoms with van der Waals surface area (Å²) in [6, 6.07) is 9.81. The number of benzene rings is 1. The molecule has 1 aliphatic rings. The Hall–Kier alpha value is -2.35. The third-order valence-corrected chi connectivity index (χ3v) is 6.32. The van der Waals surface area contributed by atoms with Gasteiger partial charge in [-0.25, -0.2) is 13.4 Å². The van der Waals surface area contributed by atoms with Gasteiger partial charge in [-0.2, -0.15) is 4.98 Å². The lowest BCUT2D eigenvalue weighted by atomic mass is 10.2. The molecule has 0 aliphatic carbocycles. The minimum absolute atomic E-state index is 0.0212. The minimum atomic E-state index is -2.93. The molecule has 1 saturated heterocycles. The topological polar surface area (TPSA) is 78.4 Å². The van der Waals surface area contributed by atoms with Gasteiger partial charge in [-0.3, -0.25) is 0 Å². The van der Waals surface area contributed by atoms with Gasteiger partial charge in [0.25, 0.3) is 0 Å². The molecule has 1 atom stereocenters. The molecule has 8 heteroatoms. The van der Waals surface area contributed by atoms with Crippen molar-refractivity contribution in [2.24, 2.45) is 0 Å². The highest BCUT2D eigenvalue weighted by molar-refractivity contribution is 7.91. The van der Waals surface area contributed by atoms with Crippen molar-refractivity contribution in [2.45, 2.75) is 19.4 Å². The molecule has 1 aromatic heterocycles. The van der Waals surface area contributed by atoms with E-state index in [2.05, 4.69) is 15.3 Å². The van der Waals surface area contributed by atoms with Gasteiger partial charge in [0.05, 0.1) is 11.5 Å². The van der Waals surface area contributed by atoms with Crippen molar-refractivity contribution in [1.82, 2.24) is 9.97 Å².